The molecule has 0 aliphatic carbocycles. The van der Waals surface area contributed by atoms with Crippen molar-refractivity contribution in [3.8, 4) is 0 Å². The smallest absolute Gasteiger partial charge is 0.219 e. The fourth-order valence-electron chi connectivity index (χ4n) is 2.34. The molecule has 0 aliphatic heterocycles. The maximum atomic E-state index is 13.8. The van der Waals surface area contributed by atoms with Gasteiger partial charge in [-0.15, -0.1) is 0 Å². The minimum absolute atomic E-state index is 0.0128. The summed E-state index contributed by atoms with van der Waals surface area (Å²) in [6.45, 7) is 0. The molecule has 2 aromatic rings. The van der Waals surface area contributed by atoms with Crippen LogP contribution in [0.1, 0.15) is 11.1 Å². The van der Waals surface area contributed by atoms with Crippen molar-refractivity contribution in [2.24, 2.45) is 0 Å². The first-order valence-corrected chi connectivity index (χ1v) is 8.84. The predicted molar refractivity (Wildman–Crippen MR) is 77.7 cm³/mol. The molecule has 0 saturated carbocycles. The Morgan fingerprint density at radius 2 is 0.828 bits per heavy atom. The van der Waals surface area contributed by atoms with E-state index in [0.717, 1.165) is 0 Å². The lowest BCUT2D eigenvalue weighted by Crippen LogP contribution is -2.16. The molecule has 0 saturated heterocycles. The summed E-state index contributed by atoms with van der Waals surface area (Å²) in [5, 5.41) is 0. The molecule has 0 aliphatic rings. The van der Waals surface area contributed by atoms with Crippen molar-refractivity contribution in [2.75, 3.05) is 0 Å². The topological polar surface area (TPSA) is 34.1 Å². The van der Waals surface area contributed by atoms with Crippen LogP contribution in [-0.2, 0) is 22.7 Å². The van der Waals surface area contributed by atoms with Crippen molar-refractivity contribution >= 4 is 9.84 Å². The highest BCUT2D eigenvalue weighted by Crippen LogP contribution is 2.31. The molecule has 13 heteroatoms. The highest BCUT2D eigenvalue weighted by molar-refractivity contribution is 7.91. The van der Waals surface area contributed by atoms with Crippen LogP contribution >= 0.6 is 0 Å². The average molecular weight is 454 g/mol. The van der Waals surface area contributed by atoms with Crippen molar-refractivity contribution in [1.29, 1.82) is 0 Å². The molecule has 2 rings (SSSR count). The van der Waals surface area contributed by atoms with Gasteiger partial charge >= 0.3 is 12.4 Å². The summed E-state index contributed by atoms with van der Waals surface area (Å²) in [6, 6.07) is 0.0513. The van der Waals surface area contributed by atoms with Crippen molar-refractivity contribution in [1.82, 2.24) is 0 Å². The van der Waals surface area contributed by atoms with E-state index in [0.29, 0.717) is 0 Å². The van der Waals surface area contributed by atoms with Crippen LogP contribution in [0.25, 0.3) is 0 Å². The number of rotatable bonds is 4. The van der Waals surface area contributed by atoms with Gasteiger partial charge in [0, 0.05) is 11.1 Å². The van der Waals surface area contributed by atoms with Crippen LogP contribution in [0.3, 0.4) is 0 Å². The highest BCUT2D eigenvalue weighted by Gasteiger charge is 2.34. The molecular weight excluding hydrogens is 446 g/mol. The van der Waals surface area contributed by atoms with Gasteiger partial charge in [-0.05, 0) is 24.3 Å². The summed E-state index contributed by atoms with van der Waals surface area (Å²) in [5.41, 5.74) is -2.95. The number of hydrogen-bond acceptors (Lipinski definition) is 2. The molecule has 2 nitrogen and oxygen atoms in total. The molecule has 0 amide bonds. The molecule has 0 fully saturated rings. The van der Waals surface area contributed by atoms with Gasteiger partial charge in [-0.1, -0.05) is 0 Å². The Morgan fingerprint density at radius 3 is 1.03 bits per heavy atom. The van der Waals surface area contributed by atoms with E-state index in [1.54, 1.807) is 0 Å². The molecule has 2 aromatic carbocycles. The van der Waals surface area contributed by atoms with Gasteiger partial charge in [0.05, 0.1) is 22.6 Å². The molecule has 0 heterocycles. The molecule has 160 valence electrons. The van der Waals surface area contributed by atoms with Gasteiger partial charge in [0.2, 0.25) is 9.84 Å². The van der Waals surface area contributed by atoms with E-state index < -0.39 is 79.2 Å². The standard InChI is InChI=1S/C16H8F10O2S/c17-11-1-7(2-12(18)9(11)5-15(21,22)23)29(27,28)8-3-13(19)10(14(20)4-8)6-16(24,25)26/h1-4H,5-6H2. The lowest BCUT2D eigenvalue weighted by molar-refractivity contribution is -0.129. The number of hydrogen-bond donors (Lipinski definition) is 0. The van der Waals surface area contributed by atoms with Crippen molar-refractivity contribution in [3.05, 3.63) is 58.7 Å². The zero-order chi connectivity index (χ0) is 22.4. The normalized spacial score (nSPS) is 13.0. The van der Waals surface area contributed by atoms with E-state index in [1.165, 1.54) is 0 Å². The lowest BCUT2D eigenvalue weighted by Gasteiger charge is -2.13. The minimum Gasteiger partial charge on any atom is -0.219 e. The second-order valence-electron chi connectivity index (χ2n) is 5.82. The van der Waals surface area contributed by atoms with E-state index in [-0.39, 0.29) is 24.3 Å². The third kappa shape index (κ3) is 5.40. The Balaban J connectivity index is 2.54. The van der Waals surface area contributed by atoms with Crippen molar-refractivity contribution in [2.45, 2.75) is 35.0 Å². The molecule has 0 unspecified atom stereocenters. The number of halogens is 10. The Labute approximate surface area is 156 Å². The van der Waals surface area contributed by atoms with Crippen LogP contribution < -0.4 is 0 Å². The second kappa shape index (κ2) is 7.50. The molecule has 0 atom stereocenters. The Hall–Kier alpha value is -2.31. The average Bonchev–Trinajstić information content (AvgIpc) is 2.52. The van der Waals surface area contributed by atoms with Crippen LogP contribution in [0, 0.1) is 23.3 Å². The van der Waals surface area contributed by atoms with Crippen LogP contribution in [0.15, 0.2) is 34.1 Å². The van der Waals surface area contributed by atoms with Crippen molar-refractivity contribution < 1.29 is 52.3 Å². The maximum absolute atomic E-state index is 13.8. The molecule has 0 bridgehead atoms. The second-order valence-corrected chi connectivity index (χ2v) is 7.77. The summed E-state index contributed by atoms with van der Waals surface area (Å²) in [4.78, 5) is -2.55. The van der Waals surface area contributed by atoms with E-state index in [4.69, 9.17) is 0 Å². The lowest BCUT2D eigenvalue weighted by atomic mass is 10.1. The molecule has 0 radical (unpaired) electrons. The van der Waals surface area contributed by atoms with E-state index in [9.17, 15) is 52.3 Å². The van der Waals surface area contributed by atoms with E-state index in [2.05, 4.69) is 0 Å². The monoisotopic (exact) mass is 454 g/mol. The van der Waals surface area contributed by atoms with Gasteiger partial charge in [0.15, 0.2) is 0 Å². The maximum Gasteiger partial charge on any atom is 0.393 e. The third-order valence-corrected chi connectivity index (χ3v) is 5.32. The molecule has 29 heavy (non-hydrogen) atoms. The van der Waals surface area contributed by atoms with Crippen LogP contribution in [0.2, 0.25) is 0 Å². The van der Waals surface area contributed by atoms with Gasteiger partial charge in [-0.3, -0.25) is 0 Å². The van der Waals surface area contributed by atoms with Gasteiger partial charge in [0.25, 0.3) is 0 Å². The first-order chi connectivity index (χ1) is 13.0. The zero-order valence-corrected chi connectivity index (χ0v) is 14.5. The van der Waals surface area contributed by atoms with Gasteiger partial charge < -0.3 is 0 Å². The quantitative estimate of drug-likeness (QED) is 0.589. The van der Waals surface area contributed by atoms with Gasteiger partial charge in [0.1, 0.15) is 23.3 Å². The van der Waals surface area contributed by atoms with E-state index >= 15 is 0 Å². The van der Waals surface area contributed by atoms with Crippen LogP contribution in [0.4, 0.5) is 43.9 Å². The van der Waals surface area contributed by atoms with Crippen molar-refractivity contribution in [3.63, 3.8) is 0 Å². The highest BCUT2D eigenvalue weighted by atomic mass is 32.2. The minimum atomic E-state index is -5.07. The first-order valence-electron chi connectivity index (χ1n) is 7.36. The van der Waals surface area contributed by atoms with Crippen LogP contribution in [-0.4, -0.2) is 20.8 Å². The molecular formula is C16H8F10O2S. The molecule has 0 spiro atoms. The first kappa shape index (κ1) is 23.0. The Kier molecular flexibility index (Phi) is 5.94. The zero-order valence-electron chi connectivity index (χ0n) is 13.7. The van der Waals surface area contributed by atoms with Crippen LogP contribution in [0.5, 0.6) is 0 Å². The summed E-state index contributed by atoms with van der Waals surface area (Å²) >= 11 is 0. The summed E-state index contributed by atoms with van der Waals surface area (Å²) in [5.74, 6) is -7.52. The summed E-state index contributed by atoms with van der Waals surface area (Å²) in [6.07, 6.45) is -14.1. The number of benzene rings is 2. The Morgan fingerprint density at radius 1 is 0.586 bits per heavy atom. The summed E-state index contributed by atoms with van der Waals surface area (Å²) < 4.78 is 154. The van der Waals surface area contributed by atoms with Gasteiger partial charge in [-0.2, -0.15) is 26.3 Å². The number of sulfone groups is 1. The molecule has 0 aromatic heterocycles. The van der Waals surface area contributed by atoms with E-state index in [1.807, 2.05) is 0 Å². The largest absolute Gasteiger partial charge is 0.393 e. The third-order valence-electron chi connectivity index (χ3n) is 3.60. The fourth-order valence-corrected chi connectivity index (χ4v) is 3.65. The Bertz CT molecular complexity index is 915. The number of alkyl halides is 6. The predicted octanol–water partition coefficient (Wildman–Crippen LogP) is 5.29. The molecule has 0 N–H and O–H groups in total. The summed E-state index contributed by atoms with van der Waals surface area (Å²) in [7, 11) is -5.07. The fraction of sp³-hybridized carbons (Fsp3) is 0.250. The SMILES string of the molecule is O=S(=O)(c1cc(F)c(CC(F)(F)F)c(F)c1)c1cc(F)c(CC(F)(F)F)c(F)c1. The van der Waals surface area contributed by atoms with Gasteiger partial charge in [-0.25, -0.2) is 26.0 Å².